The zero-order valence-corrected chi connectivity index (χ0v) is 8.83. The number of hydrogen-bond acceptors (Lipinski definition) is 6. The molecule has 0 unspecified atom stereocenters. The van der Waals surface area contributed by atoms with Gasteiger partial charge in [-0.1, -0.05) is 0 Å². The molecule has 6 nitrogen and oxygen atoms in total. The highest BCUT2D eigenvalue weighted by Crippen LogP contribution is 2.13. The van der Waals surface area contributed by atoms with Crippen molar-refractivity contribution in [3.05, 3.63) is 0 Å². The Morgan fingerprint density at radius 2 is 2.14 bits per heavy atom. The van der Waals surface area contributed by atoms with E-state index in [9.17, 15) is 13.2 Å². The van der Waals surface area contributed by atoms with Crippen LogP contribution in [0.5, 0.6) is 0 Å². The first-order chi connectivity index (χ1) is 6.42. The lowest BCUT2D eigenvalue weighted by Gasteiger charge is -2.08. The van der Waals surface area contributed by atoms with Crippen molar-refractivity contribution in [2.75, 3.05) is 19.9 Å². The minimum absolute atomic E-state index is 0.319. The molecule has 0 aromatic rings. The van der Waals surface area contributed by atoms with Gasteiger partial charge in [-0.05, 0) is 0 Å². The van der Waals surface area contributed by atoms with Gasteiger partial charge in [-0.15, -0.1) is 0 Å². The molecule has 0 amide bonds. The highest BCUT2D eigenvalue weighted by atomic mass is 32.2. The number of methoxy groups -OCH3 is 1. The molecular formula is C7H13NO5S. The van der Waals surface area contributed by atoms with Crippen LogP contribution in [0.3, 0.4) is 0 Å². The van der Waals surface area contributed by atoms with Crippen LogP contribution in [0.15, 0.2) is 0 Å². The minimum Gasteiger partial charge on any atom is -0.468 e. The fraction of sp³-hybridized carbons (Fsp3) is 0.857. The number of carbonyl (C=O) groups is 1. The van der Waals surface area contributed by atoms with Gasteiger partial charge >= 0.3 is 5.97 Å². The molecule has 1 heterocycles. The summed E-state index contributed by atoms with van der Waals surface area (Å²) in [5.41, 5.74) is 0. The highest BCUT2D eigenvalue weighted by Gasteiger charge is 2.32. The topological polar surface area (TPSA) is 81.7 Å². The van der Waals surface area contributed by atoms with Gasteiger partial charge in [-0.3, -0.25) is 8.98 Å². The van der Waals surface area contributed by atoms with Crippen molar-refractivity contribution >= 4 is 16.1 Å². The summed E-state index contributed by atoms with van der Waals surface area (Å²) in [7, 11) is -2.17. The molecule has 0 bridgehead atoms. The van der Waals surface area contributed by atoms with E-state index in [4.69, 9.17) is 4.18 Å². The van der Waals surface area contributed by atoms with E-state index in [1.54, 1.807) is 0 Å². The molecule has 1 rings (SSSR count). The Morgan fingerprint density at radius 3 is 2.64 bits per heavy atom. The number of esters is 1. The predicted octanol–water partition coefficient (Wildman–Crippen LogP) is -1.13. The van der Waals surface area contributed by atoms with Gasteiger partial charge < -0.3 is 10.1 Å². The number of nitrogens with one attached hydrogen (secondary N) is 1. The number of rotatable bonds is 3. The molecule has 0 aromatic heterocycles. The second-order valence-corrected chi connectivity index (χ2v) is 4.74. The van der Waals surface area contributed by atoms with E-state index >= 15 is 0 Å². The molecule has 0 spiro atoms. The molecule has 1 saturated heterocycles. The molecule has 0 aliphatic carbocycles. The zero-order valence-electron chi connectivity index (χ0n) is 8.02. The summed E-state index contributed by atoms with van der Waals surface area (Å²) < 4.78 is 30.8. The van der Waals surface area contributed by atoms with Gasteiger partial charge in [0.1, 0.15) is 6.04 Å². The van der Waals surface area contributed by atoms with Crippen molar-refractivity contribution in [1.82, 2.24) is 5.32 Å². The lowest BCUT2D eigenvalue weighted by atomic mass is 10.2. The van der Waals surface area contributed by atoms with Gasteiger partial charge in [0.05, 0.1) is 19.5 Å². The maximum absolute atomic E-state index is 11.0. The largest absolute Gasteiger partial charge is 0.468 e. The third-order valence-corrected chi connectivity index (χ3v) is 2.51. The van der Waals surface area contributed by atoms with Crippen molar-refractivity contribution in [3.63, 3.8) is 0 Å². The predicted molar refractivity (Wildman–Crippen MR) is 48.1 cm³/mol. The molecule has 1 aliphatic rings. The van der Waals surface area contributed by atoms with Crippen LogP contribution in [0.1, 0.15) is 6.42 Å². The molecule has 0 radical (unpaired) electrons. The number of hydrogen-bond donors (Lipinski definition) is 1. The maximum atomic E-state index is 11.0. The van der Waals surface area contributed by atoms with Gasteiger partial charge in [0.15, 0.2) is 0 Å². The van der Waals surface area contributed by atoms with Crippen LogP contribution in [0, 0.1) is 0 Å². The van der Waals surface area contributed by atoms with Crippen molar-refractivity contribution in [3.8, 4) is 0 Å². The Bertz CT molecular complexity index is 312. The van der Waals surface area contributed by atoms with Crippen LogP contribution < -0.4 is 5.32 Å². The molecule has 2 atom stereocenters. The van der Waals surface area contributed by atoms with Crippen molar-refractivity contribution < 1.29 is 22.1 Å². The van der Waals surface area contributed by atoms with Crippen LogP contribution in [-0.4, -0.2) is 46.4 Å². The fourth-order valence-electron chi connectivity index (χ4n) is 1.35. The summed E-state index contributed by atoms with van der Waals surface area (Å²) >= 11 is 0. The quantitative estimate of drug-likeness (QED) is 0.481. The lowest BCUT2D eigenvalue weighted by molar-refractivity contribution is -0.142. The Labute approximate surface area is 82.7 Å². The number of carbonyl (C=O) groups excluding carboxylic acids is 1. The average molecular weight is 223 g/mol. The third-order valence-electron chi connectivity index (χ3n) is 1.89. The van der Waals surface area contributed by atoms with Gasteiger partial charge in [0.2, 0.25) is 0 Å². The molecule has 14 heavy (non-hydrogen) atoms. The average Bonchev–Trinajstić information content (AvgIpc) is 2.48. The summed E-state index contributed by atoms with van der Waals surface area (Å²) in [5, 5.41) is 2.82. The first-order valence-corrected chi connectivity index (χ1v) is 5.93. The molecule has 82 valence electrons. The van der Waals surface area contributed by atoms with E-state index < -0.39 is 28.2 Å². The molecule has 7 heteroatoms. The van der Waals surface area contributed by atoms with Crippen LogP contribution in [0.25, 0.3) is 0 Å². The summed E-state index contributed by atoms with van der Waals surface area (Å²) in [6, 6.07) is -0.466. The molecular weight excluding hydrogens is 210 g/mol. The zero-order chi connectivity index (χ0) is 10.8. The normalized spacial score (nSPS) is 27.6. The SMILES string of the molecule is COC(=O)[C@H]1C[C@H](OS(C)(=O)=O)CN1. The van der Waals surface area contributed by atoms with Gasteiger partial charge in [0.25, 0.3) is 10.1 Å². The monoisotopic (exact) mass is 223 g/mol. The van der Waals surface area contributed by atoms with E-state index in [0.717, 1.165) is 6.26 Å². The highest BCUT2D eigenvalue weighted by molar-refractivity contribution is 7.86. The molecule has 1 aliphatic heterocycles. The van der Waals surface area contributed by atoms with E-state index in [0.29, 0.717) is 13.0 Å². The van der Waals surface area contributed by atoms with E-state index in [1.807, 2.05) is 0 Å². The second-order valence-electron chi connectivity index (χ2n) is 3.14. The van der Waals surface area contributed by atoms with Crippen LogP contribution in [-0.2, 0) is 23.8 Å². The maximum Gasteiger partial charge on any atom is 0.322 e. The molecule has 1 N–H and O–H groups in total. The molecule has 0 saturated carbocycles. The smallest absolute Gasteiger partial charge is 0.322 e. The standard InChI is InChI=1S/C7H13NO5S/c1-12-7(9)6-3-5(4-8-6)13-14(2,10)11/h5-6,8H,3-4H2,1-2H3/t5-,6+/m0/s1. The van der Waals surface area contributed by atoms with Gasteiger partial charge in [0, 0.05) is 13.0 Å². The second kappa shape index (κ2) is 4.24. The van der Waals surface area contributed by atoms with Gasteiger partial charge in [-0.25, -0.2) is 0 Å². The minimum atomic E-state index is -3.46. The fourth-order valence-corrected chi connectivity index (χ4v) is 1.99. The van der Waals surface area contributed by atoms with Crippen molar-refractivity contribution in [2.24, 2.45) is 0 Å². The lowest BCUT2D eigenvalue weighted by Crippen LogP contribution is -2.31. The first-order valence-electron chi connectivity index (χ1n) is 4.12. The van der Waals surface area contributed by atoms with Crippen LogP contribution >= 0.6 is 0 Å². The Balaban J connectivity index is 2.46. The van der Waals surface area contributed by atoms with Crippen LogP contribution in [0.2, 0.25) is 0 Å². The first kappa shape index (κ1) is 11.4. The van der Waals surface area contributed by atoms with E-state index in [-0.39, 0.29) is 0 Å². The Kier molecular flexibility index (Phi) is 3.46. The third kappa shape index (κ3) is 3.24. The van der Waals surface area contributed by atoms with Crippen LogP contribution in [0.4, 0.5) is 0 Å². The Morgan fingerprint density at radius 1 is 1.50 bits per heavy atom. The summed E-state index contributed by atoms with van der Waals surface area (Å²) in [6.07, 6.45) is 0.826. The van der Waals surface area contributed by atoms with E-state index in [2.05, 4.69) is 10.1 Å². The Hall–Kier alpha value is -0.660. The molecule has 1 fully saturated rings. The van der Waals surface area contributed by atoms with Crippen molar-refractivity contribution in [1.29, 1.82) is 0 Å². The summed E-state index contributed by atoms with van der Waals surface area (Å²) in [5.74, 6) is -0.399. The van der Waals surface area contributed by atoms with Gasteiger partial charge in [-0.2, -0.15) is 8.42 Å². The van der Waals surface area contributed by atoms with E-state index in [1.165, 1.54) is 7.11 Å². The van der Waals surface area contributed by atoms with Crippen molar-refractivity contribution in [2.45, 2.75) is 18.6 Å². The number of ether oxygens (including phenoxy) is 1. The molecule has 0 aromatic carbocycles. The summed E-state index contributed by atoms with van der Waals surface area (Å²) in [4.78, 5) is 11.0. The summed E-state index contributed by atoms with van der Waals surface area (Å²) in [6.45, 7) is 0.340.